The van der Waals surface area contributed by atoms with Gasteiger partial charge in [-0.05, 0) is 55.0 Å². The summed E-state index contributed by atoms with van der Waals surface area (Å²) < 4.78 is 5.65. The van der Waals surface area contributed by atoms with Crippen molar-refractivity contribution in [1.29, 1.82) is 0 Å². The lowest BCUT2D eigenvalue weighted by Crippen LogP contribution is -2.34. The number of amides is 1. The van der Waals surface area contributed by atoms with E-state index in [1.165, 1.54) is 12.8 Å². The van der Waals surface area contributed by atoms with Crippen LogP contribution in [-0.2, 0) is 11.2 Å². The van der Waals surface area contributed by atoms with Gasteiger partial charge in [-0.1, -0.05) is 30.3 Å². The Morgan fingerprint density at radius 1 is 1.08 bits per heavy atom. The van der Waals surface area contributed by atoms with Crippen molar-refractivity contribution in [3.05, 3.63) is 65.7 Å². The Bertz CT molecular complexity index is 738. The summed E-state index contributed by atoms with van der Waals surface area (Å²) in [5.41, 5.74) is 1.43. The number of hydrogen-bond donors (Lipinski definition) is 2. The van der Waals surface area contributed by atoms with E-state index >= 15 is 0 Å². The van der Waals surface area contributed by atoms with Gasteiger partial charge in [0.15, 0.2) is 0 Å². The Hall–Kier alpha value is -2.82. The van der Waals surface area contributed by atoms with Crippen molar-refractivity contribution in [3.8, 4) is 5.75 Å². The van der Waals surface area contributed by atoms with Crippen LogP contribution in [0.5, 0.6) is 5.75 Å². The molecule has 2 aromatic carbocycles. The van der Waals surface area contributed by atoms with Gasteiger partial charge in [0.2, 0.25) is 0 Å². The molecule has 0 spiro atoms. The van der Waals surface area contributed by atoms with Crippen LogP contribution >= 0.6 is 0 Å². The lowest BCUT2D eigenvalue weighted by Gasteiger charge is -2.14. The monoisotopic (exact) mass is 353 g/mol. The molecule has 1 atom stereocenters. The fourth-order valence-corrected chi connectivity index (χ4v) is 2.66. The summed E-state index contributed by atoms with van der Waals surface area (Å²) >= 11 is 0. The lowest BCUT2D eigenvalue weighted by atomic mass is 9.99. The molecule has 2 N–H and O–H groups in total. The predicted molar refractivity (Wildman–Crippen MR) is 98.3 cm³/mol. The van der Waals surface area contributed by atoms with Crippen molar-refractivity contribution in [2.45, 2.75) is 19.3 Å². The molecular formula is C21H23NO4. The van der Waals surface area contributed by atoms with Gasteiger partial charge in [0.25, 0.3) is 5.91 Å². The molecule has 26 heavy (non-hydrogen) atoms. The van der Waals surface area contributed by atoms with Crippen molar-refractivity contribution >= 4 is 11.9 Å². The highest BCUT2D eigenvalue weighted by Crippen LogP contribution is 2.29. The SMILES string of the molecule is O=C(NCC(Cc1ccccc1)C(=O)O)c1ccc(OCC2CC2)cc1. The summed E-state index contributed by atoms with van der Waals surface area (Å²) in [6.07, 6.45) is 2.84. The molecule has 0 saturated heterocycles. The van der Waals surface area contributed by atoms with E-state index in [-0.39, 0.29) is 12.5 Å². The van der Waals surface area contributed by atoms with Crippen LogP contribution < -0.4 is 10.1 Å². The lowest BCUT2D eigenvalue weighted by molar-refractivity contribution is -0.141. The molecule has 1 aliphatic carbocycles. The molecule has 1 saturated carbocycles. The summed E-state index contributed by atoms with van der Waals surface area (Å²) in [6, 6.07) is 16.4. The first-order chi connectivity index (χ1) is 12.6. The van der Waals surface area contributed by atoms with Crippen LogP contribution in [0.3, 0.4) is 0 Å². The number of benzene rings is 2. The number of carbonyl (C=O) groups is 2. The second kappa shape index (κ2) is 8.52. The summed E-state index contributed by atoms with van der Waals surface area (Å²) in [7, 11) is 0. The summed E-state index contributed by atoms with van der Waals surface area (Å²) in [4.78, 5) is 23.7. The predicted octanol–water partition coefficient (Wildman–Crippen LogP) is 3.15. The molecule has 136 valence electrons. The molecule has 1 fully saturated rings. The van der Waals surface area contributed by atoms with E-state index in [0.29, 0.717) is 17.9 Å². The van der Waals surface area contributed by atoms with Crippen LogP contribution in [0.4, 0.5) is 0 Å². The third kappa shape index (κ3) is 5.34. The molecule has 0 aliphatic heterocycles. The number of carboxylic acid groups (broad SMARTS) is 1. The number of aliphatic carboxylic acids is 1. The first-order valence-electron chi connectivity index (χ1n) is 8.89. The van der Waals surface area contributed by atoms with Gasteiger partial charge in [0.1, 0.15) is 5.75 Å². The van der Waals surface area contributed by atoms with Gasteiger partial charge in [0, 0.05) is 12.1 Å². The van der Waals surface area contributed by atoms with Crippen LogP contribution in [0.15, 0.2) is 54.6 Å². The van der Waals surface area contributed by atoms with Gasteiger partial charge in [-0.25, -0.2) is 0 Å². The van der Waals surface area contributed by atoms with E-state index in [2.05, 4.69) is 5.32 Å². The minimum atomic E-state index is -0.919. The molecule has 3 rings (SSSR count). The minimum absolute atomic E-state index is 0.0863. The smallest absolute Gasteiger partial charge is 0.308 e. The standard InChI is InChI=1S/C21H23NO4/c23-20(17-8-10-19(11-9-17)26-14-16-6-7-16)22-13-18(21(24)25)12-15-4-2-1-3-5-15/h1-5,8-11,16,18H,6-7,12-14H2,(H,22,23)(H,24,25). The number of carbonyl (C=O) groups excluding carboxylic acids is 1. The second-order valence-corrected chi connectivity index (χ2v) is 6.71. The van der Waals surface area contributed by atoms with Crippen LogP contribution in [0.1, 0.15) is 28.8 Å². The van der Waals surface area contributed by atoms with Crippen LogP contribution in [-0.4, -0.2) is 30.1 Å². The molecule has 0 aromatic heterocycles. The maximum absolute atomic E-state index is 12.3. The zero-order valence-corrected chi connectivity index (χ0v) is 14.6. The van der Waals surface area contributed by atoms with E-state index in [1.54, 1.807) is 24.3 Å². The third-order valence-corrected chi connectivity index (χ3v) is 4.48. The first-order valence-corrected chi connectivity index (χ1v) is 8.89. The number of nitrogens with one attached hydrogen (secondary N) is 1. The number of rotatable bonds is 9. The normalized spacial score (nSPS) is 14.5. The number of ether oxygens (including phenoxy) is 1. The zero-order chi connectivity index (χ0) is 18.4. The zero-order valence-electron chi connectivity index (χ0n) is 14.6. The van der Waals surface area contributed by atoms with Gasteiger partial charge in [-0.15, -0.1) is 0 Å². The van der Waals surface area contributed by atoms with E-state index in [1.807, 2.05) is 30.3 Å². The van der Waals surface area contributed by atoms with Gasteiger partial charge in [0.05, 0.1) is 12.5 Å². The van der Waals surface area contributed by atoms with Gasteiger partial charge >= 0.3 is 5.97 Å². The average Bonchev–Trinajstić information content (AvgIpc) is 3.48. The minimum Gasteiger partial charge on any atom is -0.493 e. The molecule has 1 aliphatic rings. The number of hydrogen-bond acceptors (Lipinski definition) is 3. The Morgan fingerprint density at radius 3 is 2.38 bits per heavy atom. The van der Waals surface area contributed by atoms with Gasteiger partial charge in [-0.3, -0.25) is 9.59 Å². The van der Waals surface area contributed by atoms with Crippen molar-refractivity contribution < 1.29 is 19.4 Å². The molecule has 2 aromatic rings. The maximum Gasteiger partial charge on any atom is 0.308 e. The van der Waals surface area contributed by atoms with E-state index in [9.17, 15) is 14.7 Å². The van der Waals surface area contributed by atoms with E-state index in [0.717, 1.165) is 17.9 Å². The highest BCUT2D eigenvalue weighted by atomic mass is 16.5. The Labute approximate surface area is 153 Å². The summed E-state index contributed by atoms with van der Waals surface area (Å²) in [6.45, 7) is 0.814. The average molecular weight is 353 g/mol. The fourth-order valence-electron chi connectivity index (χ4n) is 2.66. The molecule has 1 unspecified atom stereocenters. The molecule has 1 amide bonds. The molecule has 0 radical (unpaired) electrons. The Kier molecular flexibility index (Phi) is 5.89. The van der Waals surface area contributed by atoms with Gasteiger partial charge in [-0.2, -0.15) is 0 Å². The topological polar surface area (TPSA) is 75.6 Å². The highest BCUT2D eigenvalue weighted by Gasteiger charge is 2.22. The van der Waals surface area contributed by atoms with Crippen molar-refractivity contribution in [1.82, 2.24) is 5.32 Å². The quantitative estimate of drug-likeness (QED) is 0.726. The maximum atomic E-state index is 12.3. The van der Waals surface area contributed by atoms with Crippen LogP contribution in [0.25, 0.3) is 0 Å². The number of carboxylic acids is 1. The molecule has 0 heterocycles. The largest absolute Gasteiger partial charge is 0.493 e. The van der Waals surface area contributed by atoms with Crippen molar-refractivity contribution in [3.63, 3.8) is 0 Å². The molecular weight excluding hydrogens is 330 g/mol. The first kappa shape index (κ1) is 18.0. The Morgan fingerprint density at radius 2 is 1.77 bits per heavy atom. The summed E-state index contributed by atoms with van der Waals surface area (Å²) in [5.74, 6) is -0.435. The Balaban J connectivity index is 1.51. The fraction of sp³-hybridized carbons (Fsp3) is 0.333. The van der Waals surface area contributed by atoms with E-state index in [4.69, 9.17) is 4.74 Å². The van der Waals surface area contributed by atoms with Crippen LogP contribution in [0, 0.1) is 11.8 Å². The molecule has 5 heteroatoms. The van der Waals surface area contributed by atoms with E-state index < -0.39 is 11.9 Å². The van der Waals surface area contributed by atoms with Gasteiger partial charge < -0.3 is 15.2 Å². The second-order valence-electron chi connectivity index (χ2n) is 6.71. The summed E-state index contributed by atoms with van der Waals surface area (Å²) in [5, 5.41) is 12.1. The highest BCUT2D eigenvalue weighted by molar-refractivity contribution is 5.94. The third-order valence-electron chi connectivity index (χ3n) is 4.48. The molecule has 5 nitrogen and oxygen atoms in total. The van der Waals surface area contributed by atoms with Crippen LogP contribution in [0.2, 0.25) is 0 Å². The molecule has 0 bridgehead atoms. The van der Waals surface area contributed by atoms with Crippen molar-refractivity contribution in [2.24, 2.45) is 11.8 Å². The van der Waals surface area contributed by atoms with Crippen molar-refractivity contribution in [2.75, 3.05) is 13.2 Å².